The first-order valence-electron chi connectivity index (χ1n) is 6.32. The van der Waals surface area contributed by atoms with Crippen LogP contribution in [-0.2, 0) is 6.54 Å². The van der Waals surface area contributed by atoms with Crippen molar-refractivity contribution in [1.29, 1.82) is 0 Å². The smallest absolute Gasteiger partial charge is 0.297 e. The molecule has 0 radical (unpaired) electrons. The summed E-state index contributed by atoms with van der Waals surface area (Å²) in [6.07, 6.45) is 3.72. The fourth-order valence-electron chi connectivity index (χ4n) is 2.30. The van der Waals surface area contributed by atoms with Crippen LogP contribution in [-0.4, -0.2) is 9.13 Å². The minimum absolute atomic E-state index is 0.0594. The van der Waals surface area contributed by atoms with Crippen molar-refractivity contribution in [3.05, 3.63) is 57.8 Å². The highest BCUT2D eigenvalue weighted by molar-refractivity contribution is 5.28. The van der Waals surface area contributed by atoms with Crippen LogP contribution < -0.4 is 5.69 Å². The Kier molecular flexibility index (Phi) is 3.41. The molecule has 0 saturated carbocycles. The maximum atomic E-state index is 12.1. The van der Waals surface area contributed by atoms with E-state index in [-0.39, 0.29) is 11.7 Å². The summed E-state index contributed by atoms with van der Waals surface area (Å²) >= 11 is 0. The second kappa shape index (κ2) is 4.84. The Morgan fingerprint density at radius 2 is 1.67 bits per heavy atom. The van der Waals surface area contributed by atoms with Gasteiger partial charge in [0.1, 0.15) is 0 Å². The van der Waals surface area contributed by atoms with Gasteiger partial charge in [-0.15, -0.1) is 0 Å². The first-order chi connectivity index (χ1) is 8.47. The van der Waals surface area contributed by atoms with Gasteiger partial charge in [-0.2, -0.15) is 0 Å². The van der Waals surface area contributed by atoms with E-state index in [1.165, 1.54) is 16.7 Å². The van der Waals surface area contributed by atoms with E-state index in [4.69, 9.17) is 0 Å². The zero-order chi connectivity index (χ0) is 13.3. The molecular weight excluding hydrogens is 224 g/mol. The molecule has 0 amide bonds. The number of hydrogen-bond acceptors (Lipinski definition) is 1. The third-order valence-electron chi connectivity index (χ3n) is 3.06. The van der Waals surface area contributed by atoms with Crippen LogP contribution in [0.2, 0.25) is 0 Å². The van der Waals surface area contributed by atoms with Crippen molar-refractivity contribution in [2.75, 3.05) is 0 Å². The zero-order valence-corrected chi connectivity index (χ0v) is 11.5. The van der Waals surface area contributed by atoms with Gasteiger partial charge in [-0.25, -0.2) is 4.79 Å². The number of hydrogen-bond donors (Lipinski definition) is 0. The van der Waals surface area contributed by atoms with E-state index < -0.39 is 0 Å². The van der Waals surface area contributed by atoms with Crippen molar-refractivity contribution in [2.45, 2.75) is 40.3 Å². The molecular formula is C15H20N2O. The Morgan fingerprint density at radius 3 is 2.17 bits per heavy atom. The molecule has 0 atom stereocenters. The Morgan fingerprint density at radius 1 is 1.06 bits per heavy atom. The Balaban J connectivity index is 2.32. The number of nitrogens with zero attached hydrogens (tertiary/aromatic N) is 2. The lowest BCUT2D eigenvalue weighted by Crippen LogP contribution is -2.25. The van der Waals surface area contributed by atoms with Crippen molar-refractivity contribution >= 4 is 0 Å². The second-order valence-corrected chi connectivity index (χ2v) is 5.21. The van der Waals surface area contributed by atoms with Crippen LogP contribution in [0.3, 0.4) is 0 Å². The monoisotopic (exact) mass is 244 g/mol. The highest BCUT2D eigenvalue weighted by Crippen LogP contribution is 2.10. The minimum atomic E-state index is 0.0594. The topological polar surface area (TPSA) is 26.9 Å². The van der Waals surface area contributed by atoms with Gasteiger partial charge in [-0.3, -0.25) is 9.13 Å². The SMILES string of the molecule is Cc1cc(C)cc(Cn2ccn(C(C)C)c2=O)c1. The van der Waals surface area contributed by atoms with E-state index in [2.05, 4.69) is 32.0 Å². The fraction of sp³-hybridized carbons (Fsp3) is 0.400. The lowest BCUT2D eigenvalue weighted by Gasteiger charge is -2.07. The molecule has 0 bridgehead atoms. The summed E-state index contributed by atoms with van der Waals surface area (Å²) in [7, 11) is 0. The summed E-state index contributed by atoms with van der Waals surface area (Å²) in [6, 6.07) is 6.61. The van der Waals surface area contributed by atoms with Gasteiger partial charge >= 0.3 is 5.69 Å². The Hall–Kier alpha value is -1.77. The van der Waals surface area contributed by atoms with Gasteiger partial charge < -0.3 is 0 Å². The molecule has 0 unspecified atom stereocenters. The molecule has 0 fully saturated rings. The lowest BCUT2D eigenvalue weighted by atomic mass is 10.1. The van der Waals surface area contributed by atoms with Crippen LogP contribution in [0, 0.1) is 13.8 Å². The normalized spacial score (nSPS) is 11.2. The van der Waals surface area contributed by atoms with Crippen molar-refractivity contribution in [1.82, 2.24) is 9.13 Å². The first-order valence-corrected chi connectivity index (χ1v) is 6.32. The number of aryl methyl sites for hydroxylation is 2. The fourth-order valence-corrected chi connectivity index (χ4v) is 2.30. The Bertz CT molecular complexity index is 585. The summed E-state index contributed by atoms with van der Waals surface area (Å²) in [5, 5.41) is 0. The maximum Gasteiger partial charge on any atom is 0.328 e. The molecule has 0 spiro atoms. The molecule has 0 aliphatic heterocycles. The second-order valence-electron chi connectivity index (χ2n) is 5.21. The van der Waals surface area contributed by atoms with Crippen LogP contribution in [0.5, 0.6) is 0 Å². The molecule has 3 nitrogen and oxygen atoms in total. The van der Waals surface area contributed by atoms with Crippen molar-refractivity contribution in [2.24, 2.45) is 0 Å². The molecule has 1 aromatic heterocycles. The average Bonchev–Trinajstić information content (AvgIpc) is 2.59. The molecule has 2 aromatic rings. The Labute approximate surface area is 108 Å². The molecule has 18 heavy (non-hydrogen) atoms. The van der Waals surface area contributed by atoms with E-state index >= 15 is 0 Å². The van der Waals surface area contributed by atoms with Crippen molar-refractivity contribution < 1.29 is 0 Å². The molecule has 1 aromatic carbocycles. The molecule has 3 heteroatoms. The third-order valence-corrected chi connectivity index (χ3v) is 3.06. The quantitative estimate of drug-likeness (QED) is 0.815. The summed E-state index contributed by atoms with van der Waals surface area (Å²) in [6.45, 7) is 8.84. The maximum absolute atomic E-state index is 12.1. The van der Waals surface area contributed by atoms with Gasteiger partial charge in [0.25, 0.3) is 0 Å². The number of aromatic nitrogens is 2. The van der Waals surface area contributed by atoms with Crippen molar-refractivity contribution in [3.8, 4) is 0 Å². The van der Waals surface area contributed by atoms with Crippen molar-refractivity contribution in [3.63, 3.8) is 0 Å². The van der Waals surface area contributed by atoms with Crippen LogP contribution in [0.15, 0.2) is 35.4 Å². The van der Waals surface area contributed by atoms with E-state index in [9.17, 15) is 4.79 Å². The van der Waals surface area contributed by atoms with Gasteiger partial charge in [-0.1, -0.05) is 29.3 Å². The highest BCUT2D eigenvalue weighted by Gasteiger charge is 2.06. The van der Waals surface area contributed by atoms with E-state index in [0.717, 1.165) is 0 Å². The molecule has 2 rings (SSSR count). The predicted molar refractivity (Wildman–Crippen MR) is 74.1 cm³/mol. The number of rotatable bonds is 3. The summed E-state index contributed by atoms with van der Waals surface area (Å²) in [4.78, 5) is 12.1. The summed E-state index contributed by atoms with van der Waals surface area (Å²) in [5.41, 5.74) is 3.71. The summed E-state index contributed by atoms with van der Waals surface area (Å²) < 4.78 is 3.51. The standard InChI is InChI=1S/C15H20N2O/c1-11(2)17-6-5-16(15(17)18)10-14-8-12(3)7-13(4)9-14/h5-9,11H,10H2,1-4H3. The zero-order valence-electron chi connectivity index (χ0n) is 11.5. The molecule has 1 heterocycles. The number of imidazole rings is 1. The first kappa shape index (κ1) is 12.7. The molecule has 0 saturated heterocycles. The number of benzene rings is 1. The average molecular weight is 244 g/mol. The van der Waals surface area contributed by atoms with Gasteiger partial charge in [0.2, 0.25) is 0 Å². The van der Waals surface area contributed by atoms with Crippen LogP contribution in [0.4, 0.5) is 0 Å². The van der Waals surface area contributed by atoms with E-state index in [1.54, 1.807) is 9.13 Å². The highest BCUT2D eigenvalue weighted by atomic mass is 16.1. The minimum Gasteiger partial charge on any atom is -0.297 e. The predicted octanol–water partition coefficient (Wildman–Crippen LogP) is 2.90. The van der Waals surface area contributed by atoms with Gasteiger partial charge in [0.05, 0.1) is 6.54 Å². The largest absolute Gasteiger partial charge is 0.328 e. The van der Waals surface area contributed by atoms with Crippen LogP contribution >= 0.6 is 0 Å². The summed E-state index contributed by atoms with van der Waals surface area (Å²) in [5.74, 6) is 0. The van der Waals surface area contributed by atoms with E-state index in [0.29, 0.717) is 6.54 Å². The van der Waals surface area contributed by atoms with Gasteiger partial charge in [0, 0.05) is 18.4 Å². The molecule has 96 valence electrons. The van der Waals surface area contributed by atoms with Gasteiger partial charge in [0.15, 0.2) is 0 Å². The molecule has 0 aliphatic rings. The van der Waals surface area contributed by atoms with Crippen LogP contribution in [0.1, 0.15) is 36.6 Å². The molecule has 0 aliphatic carbocycles. The van der Waals surface area contributed by atoms with Gasteiger partial charge in [-0.05, 0) is 33.3 Å². The lowest BCUT2D eigenvalue weighted by molar-refractivity contribution is 0.561. The van der Waals surface area contributed by atoms with Crippen LogP contribution in [0.25, 0.3) is 0 Å². The third kappa shape index (κ3) is 2.55. The molecule has 0 N–H and O–H groups in total. The van der Waals surface area contributed by atoms with E-state index in [1.807, 2.05) is 26.2 Å².